The summed E-state index contributed by atoms with van der Waals surface area (Å²) in [6, 6.07) is 6.26. The van der Waals surface area contributed by atoms with E-state index < -0.39 is 0 Å². The van der Waals surface area contributed by atoms with Gasteiger partial charge >= 0.3 is 5.97 Å². The van der Waals surface area contributed by atoms with Crippen molar-refractivity contribution in [2.24, 2.45) is 23.7 Å². The molecule has 0 aromatic heterocycles. The van der Waals surface area contributed by atoms with Gasteiger partial charge in [0.25, 0.3) is 0 Å². The SMILES string of the molecule is CC1CCC2C(C[NH+]3CCN(Cc4ccc5c(c4)OCO5)CC3)C(=O)OC23C1CCC1(C)OC13. The van der Waals surface area contributed by atoms with Crippen molar-refractivity contribution in [3.05, 3.63) is 23.8 Å². The van der Waals surface area contributed by atoms with Crippen LogP contribution >= 0.6 is 0 Å². The molecule has 1 aromatic carbocycles. The Morgan fingerprint density at radius 1 is 1.09 bits per heavy atom. The second-order valence-electron chi connectivity index (χ2n) is 11.9. The lowest BCUT2D eigenvalue weighted by atomic mass is 9.55. The molecule has 0 bridgehead atoms. The third kappa shape index (κ3) is 3.16. The van der Waals surface area contributed by atoms with Crippen LogP contribution in [0.5, 0.6) is 11.5 Å². The number of esters is 1. The molecule has 3 saturated heterocycles. The second-order valence-corrected chi connectivity index (χ2v) is 11.9. The molecular weight excluding hydrogens is 432 g/mol. The first-order chi connectivity index (χ1) is 16.5. The van der Waals surface area contributed by atoms with Crippen LogP contribution in [0, 0.1) is 23.7 Å². The molecule has 1 aromatic rings. The van der Waals surface area contributed by atoms with Gasteiger partial charge in [0.1, 0.15) is 17.6 Å². The van der Waals surface area contributed by atoms with Gasteiger partial charge in [0.15, 0.2) is 11.5 Å². The van der Waals surface area contributed by atoms with Crippen molar-refractivity contribution in [3.8, 4) is 11.5 Å². The fraction of sp³-hybridized carbons (Fsp3) is 0.741. The van der Waals surface area contributed by atoms with Crippen LogP contribution in [0.1, 0.15) is 45.1 Å². The van der Waals surface area contributed by atoms with Crippen LogP contribution in [0.3, 0.4) is 0 Å². The highest BCUT2D eigenvalue weighted by atomic mass is 16.7. The molecule has 2 aliphatic carbocycles. The lowest BCUT2D eigenvalue weighted by Crippen LogP contribution is -3.15. The second kappa shape index (κ2) is 7.58. The molecule has 0 radical (unpaired) electrons. The van der Waals surface area contributed by atoms with E-state index in [2.05, 4.69) is 30.9 Å². The van der Waals surface area contributed by atoms with Crippen LogP contribution in [-0.4, -0.2) is 67.7 Å². The average Bonchev–Trinajstić information content (AvgIpc) is 3.19. The van der Waals surface area contributed by atoms with Crippen LogP contribution in [-0.2, 0) is 20.8 Å². The summed E-state index contributed by atoms with van der Waals surface area (Å²) in [4.78, 5) is 17.4. The Balaban J connectivity index is 1.01. The van der Waals surface area contributed by atoms with Crippen LogP contribution in [0.15, 0.2) is 18.2 Å². The van der Waals surface area contributed by atoms with Gasteiger partial charge in [-0.05, 0) is 56.2 Å². The fourth-order valence-electron chi connectivity index (χ4n) is 8.12. The molecule has 7 unspecified atom stereocenters. The number of hydrogen-bond acceptors (Lipinski definition) is 6. The van der Waals surface area contributed by atoms with Gasteiger partial charge in [0, 0.05) is 31.5 Å². The number of carbonyl (C=O) groups excluding carboxylic acids is 1. The Morgan fingerprint density at radius 2 is 1.91 bits per heavy atom. The highest BCUT2D eigenvalue weighted by molar-refractivity contribution is 5.77. The number of rotatable bonds is 4. The molecule has 34 heavy (non-hydrogen) atoms. The monoisotopic (exact) mass is 469 g/mol. The molecule has 7 rings (SSSR count). The van der Waals surface area contributed by atoms with Crippen LogP contribution in [0.4, 0.5) is 0 Å². The van der Waals surface area contributed by atoms with Gasteiger partial charge in [-0.25, -0.2) is 0 Å². The number of carbonyl (C=O) groups is 1. The Bertz CT molecular complexity index is 993. The van der Waals surface area contributed by atoms with Crippen molar-refractivity contribution in [1.29, 1.82) is 0 Å². The molecule has 7 heteroatoms. The van der Waals surface area contributed by atoms with Crippen LogP contribution < -0.4 is 14.4 Å². The first-order valence-corrected chi connectivity index (χ1v) is 13.3. The standard InChI is InChI=1S/C27H36N2O5/c1-17-3-5-21-19(24(30)33-27(21)20(17)7-8-26(2)25(27)34-26)15-29-11-9-28(10-12-29)14-18-4-6-22-23(13-18)32-16-31-22/h4,6,13,17,19-21,25H,3,5,7-12,14-16H2,1-2H3/p+1. The number of fused-ring (bicyclic) bond motifs is 2. The molecule has 2 saturated carbocycles. The Labute approximate surface area is 201 Å². The third-order valence-electron chi connectivity index (χ3n) is 10.0. The summed E-state index contributed by atoms with van der Waals surface area (Å²) in [5.74, 6) is 3.18. The molecule has 1 N–H and O–H groups in total. The first-order valence-electron chi connectivity index (χ1n) is 13.3. The van der Waals surface area contributed by atoms with Crippen molar-refractivity contribution in [1.82, 2.24) is 4.90 Å². The smallest absolute Gasteiger partial charge is 0.315 e. The number of nitrogens with zero attached hydrogens (tertiary/aromatic N) is 1. The Hall–Kier alpha value is -1.83. The predicted molar refractivity (Wildman–Crippen MR) is 124 cm³/mol. The van der Waals surface area contributed by atoms with E-state index >= 15 is 0 Å². The van der Waals surface area contributed by atoms with E-state index in [1.165, 1.54) is 12.0 Å². The van der Waals surface area contributed by atoms with Gasteiger partial charge in [-0.1, -0.05) is 13.0 Å². The van der Waals surface area contributed by atoms with E-state index in [-0.39, 0.29) is 29.2 Å². The molecule has 4 aliphatic heterocycles. The number of ether oxygens (including phenoxy) is 4. The Morgan fingerprint density at radius 3 is 2.76 bits per heavy atom. The number of piperazine rings is 1. The van der Waals surface area contributed by atoms with E-state index in [4.69, 9.17) is 18.9 Å². The molecule has 6 aliphatic rings. The topological polar surface area (TPSA) is 65.0 Å². The zero-order valence-corrected chi connectivity index (χ0v) is 20.4. The van der Waals surface area contributed by atoms with Crippen molar-refractivity contribution in [2.75, 3.05) is 39.5 Å². The normalized spacial score (nSPS) is 43.1. The first kappa shape index (κ1) is 21.5. The van der Waals surface area contributed by atoms with Crippen LogP contribution in [0.2, 0.25) is 0 Å². The number of quaternary nitrogens is 1. The summed E-state index contributed by atoms with van der Waals surface area (Å²) >= 11 is 0. The highest BCUT2D eigenvalue weighted by Gasteiger charge is 2.77. The molecule has 5 fully saturated rings. The summed E-state index contributed by atoms with van der Waals surface area (Å²) in [5, 5.41) is 0. The maximum Gasteiger partial charge on any atom is 0.315 e. The van der Waals surface area contributed by atoms with Crippen molar-refractivity contribution in [2.45, 2.75) is 63.4 Å². The zero-order valence-electron chi connectivity index (χ0n) is 20.4. The van der Waals surface area contributed by atoms with E-state index in [0.717, 1.165) is 70.0 Å². The minimum absolute atomic E-state index is 0.0250. The molecule has 0 amide bonds. The maximum absolute atomic E-state index is 13.3. The summed E-state index contributed by atoms with van der Waals surface area (Å²) in [7, 11) is 0. The van der Waals surface area contributed by atoms with E-state index in [1.807, 2.05) is 6.07 Å². The minimum atomic E-state index is -0.354. The predicted octanol–water partition coefficient (Wildman–Crippen LogP) is 1.64. The number of benzene rings is 1. The lowest BCUT2D eigenvalue weighted by molar-refractivity contribution is -0.907. The summed E-state index contributed by atoms with van der Waals surface area (Å²) < 4.78 is 23.7. The summed E-state index contributed by atoms with van der Waals surface area (Å²) in [6.45, 7) is 11.0. The van der Waals surface area contributed by atoms with Gasteiger partial charge < -0.3 is 23.8 Å². The molecule has 184 valence electrons. The van der Waals surface area contributed by atoms with Gasteiger partial charge in [0.05, 0.1) is 25.2 Å². The van der Waals surface area contributed by atoms with Crippen molar-refractivity contribution >= 4 is 5.97 Å². The van der Waals surface area contributed by atoms with Crippen LogP contribution in [0.25, 0.3) is 0 Å². The quantitative estimate of drug-likeness (QED) is 0.534. The third-order valence-corrected chi connectivity index (χ3v) is 10.0. The molecule has 4 heterocycles. The molecule has 7 atom stereocenters. The van der Waals surface area contributed by atoms with E-state index in [0.29, 0.717) is 24.5 Å². The van der Waals surface area contributed by atoms with Gasteiger partial charge in [-0.15, -0.1) is 0 Å². The number of epoxide rings is 1. The molecule has 1 spiro atoms. The highest BCUT2D eigenvalue weighted by Crippen LogP contribution is 2.66. The largest absolute Gasteiger partial charge is 0.455 e. The van der Waals surface area contributed by atoms with Crippen molar-refractivity contribution in [3.63, 3.8) is 0 Å². The lowest BCUT2D eigenvalue weighted by Gasteiger charge is -2.50. The van der Waals surface area contributed by atoms with E-state index in [9.17, 15) is 4.79 Å². The molecule has 7 nitrogen and oxygen atoms in total. The number of hydrogen-bond donors (Lipinski definition) is 1. The maximum atomic E-state index is 13.3. The van der Waals surface area contributed by atoms with Crippen molar-refractivity contribution < 1.29 is 28.6 Å². The zero-order chi connectivity index (χ0) is 23.1. The Kier molecular flexibility index (Phi) is 4.78. The van der Waals surface area contributed by atoms with E-state index in [1.54, 1.807) is 4.90 Å². The van der Waals surface area contributed by atoms with Gasteiger partial charge in [-0.2, -0.15) is 0 Å². The van der Waals surface area contributed by atoms with Gasteiger partial charge in [0.2, 0.25) is 6.79 Å². The average molecular weight is 470 g/mol. The summed E-state index contributed by atoms with van der Waals surface area (Å²) in [6.07, 6.45) is 4.68. The van der Waals surface area contributed by atoms with Gasteiger partial charge in [-0.3, -0.25) is 9.69 Å². The summed E-state index contributed by atoms with van der Waals surface area (Å²) in [5.41, 5.74) is 0.850. The minimum Gasteiger partial charge on any atom is -0.455 e. The molecular formula is C27H37N2O5+. The fourth-order valence-corrected chi connectivity index (χ4v) is 8.12. The number of nitrogens with one attached hydrogen (secondary N) is 1.